The molecule has 1 aliphatic heterocycles. The molecule has 8 heteroatoms. The number of aromatic nitrogens is 5. The summed E-state index contributed by atoms with van der Waals surface area (Å²) < 4.78 is 3.88. The fraction of sp³-hybridized carbons (Fsp3) is 0.333. The van der Waals surface area contributed by atoms with Crippen molar-refractivity contribution in [1.29, 1.82) is 0 Å². The molecule has 4 heterocycles. The number of hydrogen-bond acceptors (Lipinski definition) is 5. The molecule has 1 aromatic carbocycles. The summed E-state index contributed by atoms with van der Waals surface area (Å²) in [5.41, 5.74) is 5.92. The van der Waals surface area contributed by atoms with Gasteiger partial charge in [-0.3, -0.25) is 18.9 Å². The van der Waals surface area contributed by atoms with Crippen molar-refractivity contribution in [3.8, 4) is 0 Å². The highest BCUT2D eigenvalue weighted by Gasteiger charge is 2.23. The van der Waals surface area contributed by atoms with E-state index in [0.29, 0.717) is 11.4 Å². The van der Waals surface area contributed by atoms with Crippen molar-refractivity contribution >= 4 is 23.1 Å². The van der Waals surface area contributed by atoms with Gasteiger partial charge in [0.1, 0.15) is 0 Å². The van der Waals surface area contributed by atoms with Crippen molar-refractivity contribution < 1.29 is 4.79 Å². The summed E-state index contributed by atoms with van der Waals surface area (Å²) in [7, 11) is 1.90. The molecule has 1 amide bonds. The number of anilines is 2. The van der Waals surface area contributed by atoms with E-state index in [9.17, 15) is 4.79 Å². The molecule has 4 aromatic rings. The van der Waals surface area contributed by atoms with Crippen molar-refractivity contribution in [3.05, 3.63) is 71.6 Å². The summed E-state index contributed by atoms with van der Waals surface area (Å²) in [5.74, 6) is 0.415. The second-order valence-corrected chi connectivity index (χ2v) is 9.31. The van der Waals surface area contributed by atoms with Crippen LogP contribution in [0.25, 0.3) is 5.65 Å². The van der Waals surface area contributed by atoms with Gasteiger partial charge in [0.2, 0.25) is 0 Å². The SMILES string of the molecule is Cn1nc(NC(=O)c2ccc3c(c2)N(Cc2cnc4cnccn24)CC3)cc1C(C)(C)C. The van der Waals surface area contributed by atoms with Crippen LogP contribution in [0.4, 0.5) is 11.5 Å². The second-order valence-electron chi connectivity index (χ2n) is 9.31. The van der Waals surface area contributed by atoms with E-state index in [2.05, 4.69) is 56.5 Å². The van der Waals surface area contributed by atoms with E-state index in [0.717, 1.165) is 42.2 Å². The van der Waals surface area contributed by atoms with Crippen molar-refractivity contribution in [2.45, 2.75) is 39.2 Å². The van der Waals surface area contributed by atoms with Crippen LogP contribution in [0.3, 0.4) is 0 Å². The monoisotopic (exact) mass is 429 g/mol. The molecular formula is C24H27N7O. The van der Waals surface area contributed by atoms with E-state index in [1.54, 1.807) is 12.4 Å². The fourth-order valence-electron chi connectivity index (χ4n) is 4.38. The number of carbonyl (C=O) groups excluding carboxylic acids is 1. The average Bonchev–Trinajstić information content (AvgIpc) is 3.45. The molecule has 0 fully saturated rings. The second kappa shape index (κ2) is 7.47. The molecule has 3 aromatic heterocycles. The largest absolute Gasteiger partial charge is 0.365 e. The predicted molar refractivity (Wildman–Crippen MR) is 124 cm³/mol. The van der Waals surface area contributed by atoms with Gasteiger partial charge in [0.15, 0.2) is 11.5 Å². The quantitative estimate of drug-likeness (QED) is 0.536. The predicted octanol–water partition coefficient (Wildman–Crippen LogP) is 3.58. The molecule has 0 saturated heterocycles. The lowest BCUT2D eigenvalue weighted by Crippen LogP contribution is -2.21. The summed E-state index contributed by atoms with van der Waals surface area (Å²) in [5, 5.41) is 7.43. The van der Waals surface area contributed by atoms with Crippen LogP contribution in [0.1, 0.15) is 48.1 Å². The van der Waals surface area contributed by atoms with Crippen molar-refractivity contribution in [2.24, 2.45) is 7.05 Å². The lowest BCUT2D eigenvalue weighted by molar-refractivity contribution is 0.102. The number of benzene rings is 1. The lowest BCUT2D eigenvalue weighted by atomic mass is 9.92. The van der Waals surface area contributed by atoms with E-state index in [4.69, 9.17) is 0 Å². The van der Waals surface area contributed by atoms with Crippen LogP contribution in [-0.2, 0) is 25.4 Å². The zero-order valence-electron chi connectivity index (χ0n) is 18.8. The number of nitrogens with zero attached hydrogens (tertiary/aromatic N) is 6. The van der Waals surface area contributed by atoms with Gasteiger partial charge in [-0.05, 0) is 24.1 Å². The zero-order valence-corrected chi connectivity index (χ0v) is 18.8. The molecule has 164 valence electrons. The molecule has 8 nitrogen and oxygen atoms in total. The third-order valence-corrected chi connectivity index (χ3v) is 5.98. The molecule has 0 unspecified atom stereocenters. The number of imidazole rings is 1. The van der Waals surface area contributed by atoms with Gasteiger partial charge < -0.3 is 10.2 Å². The van der Waals surface area contributed by atoms with Crippen LogP contribution in [0.15, 0.2) is 49.1 Å². The van der Waals surface area contributed by atoms with Crippen LogP contribution < -0.4 is 10.2 Å². The first-order chi connectivity index (χ1) is 15.3. The number of aryl methyl sites for hydroxylation is 1. The van der Waals surface area contributed by atoms with Gasteiger partial charge in [0.25, 0.3) is 5.91 Å². The van der Waals surface area contributed by atoms with Gasteiger partial charge in [-0.15, -0.1) is 0 Å². The minimum Gasteiger partial charge on any atom is -0.365 e. The molecule has 0 aliphatic carbocycles. The Bertz CT molecular complexity index is 1310. The Balaban J connectivity index is 1.37. The maximum atomic E-state index is 13.0. The number of fused-ring (bicyclic) bond motifs is 2. The lowest BCUT2D eigenvalue weighted by Gasteiger charge is -2.19. The number of hydrogen-bond donors (Lipinski definition) is 1. The van der Waals surface area contributed by atoms with Crippen molar-refractivity contribution in [3.63, 3.8) is 0 Å². The van der Waals surface area contributed by atoms with Crippen LogP contribution in [0, 0.1) is 0 Å². The van der Waals surface area contributed by atoms with Crippen LogP contribution in [-0.4, -0.2) is 36.6 Å². The van der Waals surface area contributed by atoms with Gasteiger partial charge in [0, 0.05) is 54.4 Å². The fourth-order valence-corrected chi connectivity index (χ4v) is 4.38. The molecule has 0 spiro atoms. The maximum absolute atomic E-state index is 13.0. The van der Waals surface area contributed by atoms with E-state index < -0.39 is 0 Å². The Morgan fingerprint density at radius 2 is 2.03 bits per heavy atom. The Morgan fingerprint density at radius 1 is 1.19 bits per heavy atom. The van der Waals surface area contributed by atoms with E-state index >= 15 is 0 Å². The molecule has 0 radical (unpaired) electrons. The summed E-state index contributed by atoms with van der Waals surface area (Å²) in [6, 6.07) is 7.88. The van der Waals surface area contributed by atoms with E-state index in [1.165, 1.54) is 5.56 Å². The molecule has 5 rings (SSSR count). The van der Waals surface area contributed by atoms with Gasteiger partial charge >= 0.3 is 0 Å². The highest BCUT2D eigenvalue weighted by Crippen LogP contribution is 2.31. The first kappa shape index (κ1) is 20.2. The van der Waals surface area contributed by atoms with Gasteiger partial charge in [-0.2, -0.15) is 5.10 Å². The first-order valence-corrected chi connectivity index (χ1v) is 10.8. The molecule has 1 N–H and O–H groups in total. The highest BCUT2D eigenvalue weighted by atomic mass is 16.1. The molecule has 0 bridgehead atoms. The topological polar surface area (TPSA) is 80.3 Å². The van der Waals surface area contributed by atoms with Gasteiger partial charge in [0.05, 0.1) is 24.6 Å². The molecular weight excluding hydrogens is 402 g/mol. The van der Waals surface area contributed by atoms with Crippen LogP contribution in [0.2, 0.25) is 0 Å². The van der Waals surface area contributed by atoms with E-state index in [1.807, 2.05) is 42.3 Å². The van der Waals surface area contributed by atoms with Crippen molar-refractivity contribution in [2.75, 3.05) is 16.8 Å². The molecule has 0 saturated carbocycles. The third-order valence-electron chi connectivity index (χ3n) is 5.98. The standard InChI is InChI=1S/C24H27N7O/c1-24(2,3)20-12-21(28-29(20)4)27-23(32)17-6-5-16-7-9-30(19(16)11-17)15-18-13-26-22-14-25-8-10-31(18)22/h5-6,8,10-14H,7,9,15H2,1-4H3,(H,27,28,32). The Morgan fingerprint density at radius 3 is 2.81 bits per heavy atom. The minimum atomic E-state index is -0.154. The Kier molecular flexibility index (Phi) is 4.73. The van der Waals surface area contributed by atoms with Gasteiger partial charge in [-0.1, -0.05) is 26.8 Å². The number of carbonyl (C=O) groups is 1. The molecule has 0 atom stereocenters. The van der Waals surface area contributed by atoms with Crippen LogP contribution in [0.5, 0.6) is 0 Å². The van der Waals surface area contributed by atoms with Crippen LogP contribution >= 0.6 is 0 Å². The average molecular weight is 430 g/mol. The molecule has 32 heavy (non-hydrogen) atoms. The first-order valence-electron chi connectivity index (χ1n) is 10.8. The Labute approximate surface area is 186 Å². The number of nitrogens with one attached hydrogen (secondary N) is 1. The zero-order chi connectivity index (χ0) is 22.5. The summed E-state index contributed by atoms with van der Waals surface area (Å²) in [6.07, 6.45) is 8.30. The van der Waals surface area contributed by atoms with Gasteiger partial charge in [-0.25, -0.2) is 4.98 Å². The highest BCUT2D eigenvalue weighted by molar-refractivity contribution is 6.04. The smallest absolute Gasteiger partial charge is 0.256 e. The normalized spacial score (nSPS) is 13.6. The number of rotatable bonds is 4. The summed E-state index contributed by atoms with van der Waals surface area (Å²) in [4.78, 5) is 23.9. The minimum absolute atomic E-state index is 0.0489. The maximum Gasteiger partial charge on any atom is 0.256 e. The third kappa shape index (κ3) is 3.62. The van der Waals surface area contributed by atoms with E-state index in [-0.39, 0.29) is 11.3 Å². The Hall–Kier alpha value is -3.68. The van der Waals surface area contributed by atoms with Crippen molar-refractivity contribution in [1.82, 2.24) is 24.1 Å². The summed E-state index contributed by atoms with van der Waals surface area (Å²) in [6.45, 7) is 8.02. The number of amides is 1. The molecule has 1 aliphatic rings. The summed E-state index contributed by atoms with van der Waals surface area (Å²) >= 11 is 0.